The quantitative estimate of drug-likeness (QED) is 0.366. The molecule has 0 saturated heterocycles. The maximum absolute atomic E-state index is 15.3. The topological polar surface area (TPSA) is 53.1 Å². The zero-order valence-corrected chi connectivity index (χ0v) is 17.3. The van der Waals surface area contributed by atoms with Crippen LogP contribution in [0.4, 0.5) is 15.8 Å². The smallest absolute Gasteiger partial charge is 0.197 e. The van der Waals surface area contributed by atoms with Gasteiger partial charge in [-0.2, -0.15) is 5.06 Å². The molecule has 1 heterocycles. The molecule has 0 unspecified atom stereocenters. The van der Waals surface area contributed by atoms with Gasteiger partial charge in [-0.25, -0.2) is 4.39 Å². The predicted octanol–water partition coefficient (Wildman–Crippen LogP) is 5.53. The molecular formula is C24H21FN2O4. The van der Waals surface area contributed by atoms with Gasteiger partial charge in [-0.15, -0.1) is 0 Å². The van der Waals surface area contributed by atoms with E-state index in [9.17, 15) is 0 Å². The Bertz CT molecular complexity index is 1200. The van der Waals surface area contributed by atoms with Crippen molar-refractivity contribution in [2.45, 2.75) is 0 Å². The number of hydrogen-bond donors (Lipinski definition) is 0. The molecule has 0 amide bonds. The lowest BCUT2D eigenvalue weighted by Crippen LogP contribution is -2.23. The van der Waals surface area contributed by atoms with E-state index in [1.807, 2.05) is 42.5 Å². The molecule has 31 heavy (non-hydrogen) atoms. The van der Waals surface area contributed by atoms with E-state index in [0.29, 0.717) is 39.6 Å². The molecule has 0 saturated carbocycles. The Labute approximate surface area is 179 Å². The number of methoxy groups -OCH3 is 3. The summed E-state index contributed by atoms with van der Waals surface area (Å²) in [5, 5.41) is 1.92. The Hall–Kier alpha value is -4.00. The minimum atomic E-state index is -0.557. The minimum Gasteiger partial charge on any atom is -0.493 e. The van der Waals surface area contributed by atoms with Crippen LogP contribution in [0.3, 0.4) is 0 Å². The zero-order valence-electron chi connectivity index (χ0n) is 17.3. The number of halogens is 1. The largest absolute Gasteiger partial charge is 0.493 e. The zero-order chi connectivity index (χ0) is 21.8. The van der Waals surface area contributed by atoms with E-state index in [4.69, 9.17) is 19.0 Å². The van der Waals surface area contributed by atoms with Crippen molar-refractivity contribution < 1.29 is 23.4 Å². The number of aromatic nitrogens is 1. The second-order valence-electron chi connectivity index (χ2n) is 6.55. The molecule has 3 aromatic carbocycles. The third kappa shape index (κ3) is 3.90. The Morgan fingerprint density at radius 3 is 2.03 bits per heavy atom. The van der Waals surface area contributed by atoms with Gasteiger partial charge in [0.05, 0.1) is 38.7 Å². The van der Waals surface area contributed by atoms with Crippen LogP contribution in [0.15, 0.2) is 72.9 Å². The van der Waals surface area contributed by atoms with E-state index in [0.717, 1.165) is 6.20 Å². The maximum Gasteiger partial charge on any atom is 0.197 e. The van der Waals surface area contributed by atoms with Gasteiger partial charge >= 0.3 is 0 Å². The van der Waals surface area contributed by atoms with Gasteiger partial charge in [-0.05, 0) is 30.3 Å². The molecule has 7 heteroatoms. The van der Waals surface area contributed by atoms with Gasteiger partial charge in [-0.1, -0.05) is 30.3 Å². The monoisotopic (exact) mass is 420 g/mol. The van der Waals surface area contributed by atoms with Crippen LogP contribution in [0.2, 0.25) is 0 Å². The normalized spacial score (nSPS) is 10.6. The third-order valence-electron chi connectivity index (χ3n) is 4.75. The highest BCUT2D eigenvalue weighted by Crippen LogP contribution is 2.40. The van der Waals surface area contributed by atoms with Gasteiger partial charge in [0.25, 0.3) is 0 Å². The standard InChI is InChI=1S/C24H21FN2O4/c1-28-20-11-7-8-12-21(20)31-27(16-9-5-4-6-10-16)24-17-13-22(29-2)23(30-3)14-19(17)26-15-18(24)25/h4-15H,1-3H3. The number of rotatable bonds is 7. The highest BCUT2D eigenvalue weighted by atomic mass is 19.1. The van der Waals surface area contributed by atoms with E-state index < -0.39 is 5.82 Å². The maximum atomic E-state index is 15.3. The molecule has 0 aliphatic carbocycles. The Balaban J connectivity index is 1.95. The van der Waals surface area contributed by atoms with E-state index >= 15 is 4.39 Å². The SMILES string of the molecule is COc1cc2ncc(F)c(N(Oc3ccccc3OC)c3ccccc3)c2cc1OC. The van der Waals surface area contributed by atoms with Crippen molar-refractivity contribution >= 4 is 22.3 Å². The molecule has 158 valence electrons. The lowest BCUT2D eigenvalue weighted by Gasteiger charge is -2.27. The van der Waals surface area contributed by atoms with E-state index in [2.05, 4.69) is 4.98 Å². The minimum absolute atomic E-state index is 0.183. The number of anilines is 2. The first-order chi connectivity index (χ1) is 15.2. The van der Waals surface area contributed by atoms with Crippen molar-refractivity contribution in [2.75, 3.05) is 26.4 Å². The van der Waals surface area contributed by atoms with Crippen LogP contribution in [0, 0.1) is 5.82 Å². The summed E-state index contributed by atoms with van der Waals surface area (Å²) in [6, 6.07) is 19.8. The van der Waals surface area contributed by atoms with E-state index in [1.54, 1.807) is 31.4 Å². The van der Waals surface area contributed by atoms with Gasteiger partial charge in [0.2, 0.25) is 0 Å². The summed E-state index contributed by atoms with van der Waals surface area (Å²) >= 11 is 0. The number of hydrogen-bond acceptors (Lipinski definition) is 6. The molecule has 6 nitrogen and oxygen atoms in total. The van der Waals surface area contributed by atoms with Crippen LogP contribution in [-0.4, -0.2) is 26.3 Å². The van der Waals surface area contributed by atoms with Crippen molar-refractivity contribution in [1.29, 1.82) is 0 Å². The molecule has 4 rings (SSSR count). The highest BCUT2D eigenvalue weighted by molar-refractivity contribution is 5.95. The van der Waals surface area contributed by atoms with Gasteiger partial charge in [0.15, 0.2) is 28.8 Å². The fraction of sp³-hybridized carbons (Fsp3) is 0.125. The fourth-order valence-electron chi connectivity index (χ4n) is 3.27. The van der Waals surface area contributed by atoms with Crippen LogP contribution in [0.1, 0.15) is 0 Å². The van der Waals surface area contributed by atoms with Crippen LogP contribution < -0.4 is 24.1 Å². The van der Waals surface area contributed by atoms with E-state index in [-0.39, 0.29) is 5.69 Å². The first-order valence-electron chi connectivity index (χ1n) is 9.52. The number of nitrogens with zero attached hydrogens (tertiary/aromatic N) is 2. The van der Waals surface area contributed by atoms with Crippen LogP contribution in [0.5, 0.6) is 23.0 Å². The summed E-state index contributed by atoms with van der Waals surface area (Å²) in [6.45, 7) is 0. The number of benzene rings is 3. The van der Waals surface area contributed by atoms with Crippen molar-refractivity contribution in [3.05, 3.63) is 78.7 Å². The molecule has 0 radical (unpaired) electrons. The summed E-state index contributed by atoms with van der Waals surface area (Å²) in [7, 11) is 4.61. The molecule has 0 aliphatic rings. The van der Waals surface area contributed by atoms with Crippen LogP contribution in [0.25, 0.3) is 10.9 Å². The van der Waals surface area contributed by atoms with Gasteiger partial charge in [0.1, 0.15) is 5.69 Å². The van der Waals surface area contributed by atoms with Gasteiger partial charge in [-0.3, -0.25) is 4.98 Å². The Morgan fingerprint density at radius 2 is 1.35 bits per heavy atom. The van der Waals surface area contributed by atoms with E-state index in [1.165, 1.54) is 19.3 Å². The third-order valence-corrected chi connectivity index (χ3v) is 4.75. The fourth-order valence-corrected chi connectivity index (χ4v) is 3.27. The Kier molecular flexibility index (Phi) is 5.75. The average Bonchev–Trinajstić information content (AvgIpc) is 2.82. The number of ether oxygens (including phenoxy) is 3. The van der Waals surface area contributed by atoms with Gasteiger partial charge in [0, 0.05) is 11.5 Å². The van der Waals surface area contributed by atoms with Crippen molar-refractivity contribution in [2.24, 2.45) is 0 Å². The number of fused-ring (bicyclic) bond motifs is 1. The predicted molar refractivity (Wildman–Crippen MR) is 117 cm³/mol. The second-order valence-corrected chi connectivity index (χ2v) is 6.55. The second kappa shape index (κ2) is 8.79. The van der Waals surface area contributed by atoms with Crippen molar-refractivity contribution in [1.82, 2.24) is 4.98 Å². The number of para-hydroxylation sites is 3. The summed E-state index contributed by atoms with van der Waals surface area (Å²) in [5.74, 6) is 1.34. The summed E-state index contributed by atoms with van der Waals surface area (Å²) in [6.07, 6.45) is 1.16. The summed E-state index contributed by atoms with van der Waals surface area (Å²) in [5.41, 5.74) is 1.33. The molecule has 0 atom stereocenters. The lowest BCUT2D eigenvalue weighted by molar-refractivity contribution is 0.296. The van der Waals surface area contributed by atoms with Gasteiger partial charge < -0.3 is 19.0 Å². The first kappa shape index (κ1) is 20.3. The molecule has 1 aromatic heterocycles. The summed E-state index contributed by atoms with van der Waals surface area (Å²) in [4.78, 5) is 10.4. The molecule has 0 N–H and O–H groups in total. The molecule has 4 aromatic rings. The van der Waals surface area contributed by atoms with Crippen LogP contribution in [-0.2, 0) is 0 Å². The van der Waals surface area contributed by atoms with Crippen molar-refractivity contribution in [3.63, 3.8) is 0 Å². The average molecular weight is 420 g/mol. The molecule has 0 bridgehead atoms. The molecule has 0 spiro atoms. The lowest BCUT2D eigenvalue weighted by atomic mass is 10.1. The molecule has 0 aliphatic heterocycles. The first-order valence-corrected chi connectivity index (χ1v) is 9.52. The summed E-state index contributed by atoms with van der Waals surface area (Å²) < 4.78 is 31.5. The Morgan fingerprint density at radius 1 is 0.742 bits per heavy atom. The highest BCUT2D eigenvalue weighted by Gasteiger charge is 2.23. The molecule has 0 fully saturated rings. The van der Waals surface area contributed by atoms with Crippen molar-refractivity contribution in [3.8, 4) is 23.0 Å². The molecular weight excluding hydrogens is 399 g/mol. The van der Waals surface area contributed by atoms with Crippen LogP contribution >= 0.6 is 0 Å². The number of pyridine rings is 1.